The van der Waals surface area contributed by atoms with Gasteiger partial charge in [0, 0.05) is 53.0 Å². The van der Waals surface area contributed by atoms with Gasteiger partial charge in [-0.15, -0.1) is 0 Å². The number of carbonyl (C=O) groups is 1. The van der Waals surface area contributed by atoms with E-state index in [2.05, 4.69) is 22.0 Å². The first kappa shape index (κ1) is 23.4. The number of hydrogen-bond acceptors (Lipinski definition) is 3. The number of amides is 1. The lowest BCUT2D eigenvalue weighted by molar-refractivity contribution is 0.0987. The van der Waals surface area contributed by atoms with E-state index < -0.39 is 0 Å². The Hall–Kier alpha value is -2.37. The highest BCUT2D eigenvalue weighted by atomic mass is 35.5. The van der Waals surface area contributed by atoms with Crippen LogP contribution in [-0.4, -0.2) is 42.0 Å². The van der Waals surface area contributed by atoms with E-state index in [4.69, 9.17) is 34.8 Å². The zero-order valence-electron chi connectivity index (χ0n) is 18.5. The summed E-state index contributed by atoms with van der Waals surface area (Å²) in [5.41, 5.74) is 3.78. The second kappa shape index (κ2) is 10.1. The molecule has 3 aromatic rings. The second-order valence-electron chi connectivity index (χ2n) is 8.85. The Labute approximate surface area is 214 Å². The van der Waals surface area contributed by atoms with Crippen molar-refractivity contribution >= 4 is 52.5 Å². The summed E-state index contributed by atoms with van der Waals surface area (Å²) in [6.45, 7) is 3.57. The molecule has 174 valence electrons. The van der Waals surface area contributed by atoms with Crippen LogP contribution in [0.25, 0.3) is 6.08 Å². The molecule has 2 aliphatic rings. The van der Waals surface area contributed by atoms with Gasteiger partial charge in [0.25, 0.3) is 5.91 Å². The van der Waals surface area contributed by atoms with Crippen LogP contribution in [0.2, 0.25) is 15.2 Å². The van der Waals surface area contributed by atoms with E-state index >= 15 is 0 Å². The molecule has 2 aliphatic heterocycles. The average Bonchev–Trinajstić information content (AvgIpc) is 3.44. The number of nitrogens with zero attached hydrogens (tertiary/aromatic N) is 3. The number of rotatable bonds is 5. The van der Waals surface area contributed by atoms with Gasteiger partial charge in [0.05, 0.1) is 0 Å². The molecule has 4 nitrogen and oxygen atoms in total. The van der Waals surface area contributed by atoms with Crippen molar-refractivity contribution in [2.75, 3.05) is 31.1 Å². The number of aromatic nitrogens is 1. The number of pyridine rings is 1. The Balaban J connectivity index is 1.30. The van der Waals surface area contributed by atoms with Crippen molar-refractivity contribution in [2.45, 2.75) is 12.3 Å². The molecule has 1 aromatic heterocycles. The zero-order valence-corrected chi connectivity index (χ0v) is 20.8. The Bertz CT molecular complexity index is 1230. The molecular weight excluding hydrogens is 489 g/mol. The van der Waals surface area contributed by atoms with Crippen LogP contribution in [0.4, 0.5) is 5.69 Å². The Morgan fingerprint density at radius 1 is 1.00 bits per heavy atom. The van der Waals surface area contributed by atoms with E-state index in [1.54, 1.807) is 18.3 Å². The lowest BCUT2D eigenvalue weighted by Crippen LogP contribution is -2.31. The number of likely N-dealkylation sites (tertiary alicyclic amines) is 1. The molecule has 0 radical (unpaired) electrons. The minimum atomic E-state index is -0.0591. The van der Waals surface area contributed by atoms with Gasteiger partial charge in [-0.25, -0.2) is 4.98 Å². The number of hydrogen-bond donors (Lipinski definition) is 0. The summed E-state index contributed by atoms with van der Waals surface area (Å²) in [4.78, 5) is 21.7. The Kier molecular flexibility index (Phi) is 6.94. The number of benzene rings is 2. The minimum absolute atomic E-state index is 0.0591. The third-order valence-corrected chi connectivity index (χ3v) is 7.39. The first-order valence-corrected chi connectivity index (χ1v) is 12.5. The monoisotopic (exact) mass is 511 g/mol. The minimum Gasteiger partial charge on any atom is -0.307 e. The van der Waals surface area contributed by atoms with Crippen LogP contribution < -0.4 is 4.90 Å². The third-order valence-electron chi connectivity index (χ3n) is 6.70. The van der Waals surface area contributed by atoms with Gasteiger partial charge < -0.3 is 4.90 Å². The van der Waals surface area contributed by atoms with Crippen molar-refractivity contribution in [1.82, 2.24) is 9.88 Å². The van der Waals surface area contributed by atoms with Gasteiger partial charge in [0.15, 0.2) is 0 Å². The second-order valence-corrected chi connectivity index (χ2v) is 10.1. The summed E-state index contributed by atoms with van der Waals surface area (Å²) in [5, 5.41) is 1.76. The molecule has 0 bridgehead atoms. The van der Waals surface area contributed by atoms with Crippen molar-refractivity contribution in [1.29, 1.82) is 0 Å². The molecule has 2 unspecified atom stereocenters. The molecule has 7 heteroatoms. The van der Waals surface area contributed by atoms with Gasteiger partial charge in [-0.1, -0.05) is 59.1 Å². The topological polar surface area (TPSA) is 36.4 Å². The molecule has 1 saturated heterocycles. The molecule has 0 saturated carbocycles. The maximum atomic E-state index is 13.3. The highest BCUT2D eigenvalue weighted by molar-refractivity contribution is 6.31. The van der Waals surface area contributed by atoms with Gasteiger partial charge in [-0.3, -0.25) is 9.69 Å². The fourth-order valence-corrected chi connectivity index (χ4v) is 5.50. The first-order chi connectivity index (χ1) is 16.5. The van der Waals surface area contributed by atoms with E-state index in [9.17, 15) is 4.79 Å². The maximum Gasteiger partial charge on any atom is 0.258 e. The molecule has 0 N–H and O–H groups in total. The van der Waals surface area contributed by atoms with E-state index in [0.717, 1.165) is 47.9 Å². The maximum absolute atomic E-state index is 13.3. The summed E-state index contributed by atoms with van der Waals surface area (Å²) in [5.74, 6) is 0.649. The molecule has 2 atom stereocenters. The quantitative estimate of drug-likeness (QED) is 0.352. The molecule has 0 aliphatic carbocycles. The van der Waals surface area contributed by atoms with Crippen molar-refractivity contribution in [2.24, 2.45) is 5.92 Å². The van der Waals surface area contributed by atoms with Gasteiger partial charge in [-0.2, -0.15) is 0 Å². The van der Waals surface area contributed by atoms with Crippen LogP contribution in [0.5, 0.6) is 0 Å². The molecule has 5 rings (SSSR count). The van der Waals surface area contributed by atoms with Gasteiger partial charge >= 0.3 is 0 Å². The largest absolute Gasteiger partial charge is 0.307 e. The predicted octanol–water partition coefficient (Wildman–Crippen LogP) is 6.82. The smallest absolute Gasteiger partial charge is 0.258 e. The molecule has 0 spiro atoms. The van der Waals surface area contributed by atoms with Crippen molar-refractivity contribution in [3.05, 3.63) is 98.8 Å². The van der Waals surface area contributed by atoms with Crippen molar-refractivity contribution < 1.29 is 4.79 Å². The van der Waals surface area contributed by atoms with E-state index in [0.29, 0.717) is 28.2 Å². The van der Waals surface area contributed by atoms with Gasteiger partial charge in [0.2, 0.25) is 0 Å². The highest BCUT2D eigenvalue weighted by Crippen LogP contribution is 2.44. The summed E-state index contributed by atoms with van der Waals surface area (Å²) in [7, 11) is 0. The summed E-state index contributed by atoms with van der Waals surface area (Å²) in [6, 6.07) is 17.0. The molecule has 2 aromatic carbocycles. The number of fused-ring (bicyclic) bond motifs is 1. The molecule has 34 heavy (non-hydrogen) atoms. The Morgan fingerprint density at radius 3 is 2.59 bits per heavy atom. The predicted molar refractivity (Wildman–Crippen MR) is 140 cm³/mol. The summed E-state index contributed by atoms with van der Waals surface area (Å²) < 4.78 is 0. The number of anilines is 1. The fraction of sp³-hybridized carbons (Fsp3) is 0.259. The fourth-order valence-electron chi connectivity index (χ4n) is 5.02. The van der Waals surface area contributed by atoms with Crippen LogP contribution >= 0.6 is 34.8 Å². The van der Waals surface area contributed by atoms with E-state index in [1.165, 1.54) is 0 Å². The Morgan fingerprint density at radius 2 is 1.79 bits per heavy atom. The summed E-state index contributed by atoms with van der Waals surface area (Å²) in [6.07, 6.45) is 7.00. The molecule has 1 fully saturated rings. The lowest BCUT2D eigenvalue weighted by Gasteiger charge is -2.21. The zero-order chi connectivity index (χ0) is 23.7. The van der Waals surface area contributed by atoms with Gasteiger partial charge in [-0.05, 0) is 72.5 Å². The molecule has 3 heterocycles. The van der Waals surface area contributed by atoms with E-state index in [1.807, 2.05) is 47.4 Å². The van der Waals surface area contributed by atoms with Crippen LogP contribution in [-0.2, 0) is 0 Å². The number of halogens is 3. The van der Waals surface area contributed by atoms with Crippen molar-refractivity contribution in [3.63, 3.8) is 0 Å². The third kappa shape index (κ3) is 5.01. The van der Waals surface area contributed by atoms with Crippen LogP contribution in [0.15, 0.2) is 66.9 Å². The number of carbonyl (C=O) groups excluding carboxylic acids is 1. The lowest BCUT2D eigenvalue weighted by atomic mass is 9.87. The first-order valence-electron chi connectivity index (χ1n) is 11.4. The normalized spacial score (nSPS) is 20.3. The van der Waals surface area contributed by atoms with Crippen LogP contribution in [0.3, 0.4) is 0 Å². The van der Waals surface area contributed by atoms with Crippen LogP contribution in [0.1, 0.15) is 33.8 Å². The highest BCUT2D eigenvalue weighted by Gasteiger charge is 2.39. The van der Waals surface area contributed by atoms with E-state index in [-0.39, 0.29) is 11.8 Å². The SMILES string of the molecule is O=C(c1ccnc(Cl)c1)N1CC(C2CCN(C/C=C/c3ccc(Cl)cc3)C2)c2cc(Cl)ccc21. The summed E-state index contributed by atoms with van der Waals surface area (Å²) >= 11 is 18.4. The van der Waals surface area contributed by atoms with Crippen LogP contribution in [0, 0.1) is 5.92 Å². The van der Waals surface area contributed by atoms with Gasteiger partial charge in [0.1, 0.15) is 5.15 Å². The molecule has 1 amide bonds. The molecular formula is C27H24Cl3N3O. The van der Waals surface area contributed by atoms with Crippen molar-refractivity contribution in [3.8, 4) is 0 Å². The average molecular weight is 513 g/mol. The standard InChI is InChI=1S/C27H24Cl3N3O/c28-21-5-3-18(4-6-21)2-1-12-32-13-10-20(16-32)24-17-33(25-8-7-22(29)15-23(24)25)27(34)19-9-11-31-26(30)14-19/h1-9,11,14-15,20,24H,10,12-13,16-17H2/b2-1+.